The second-order valence-electron chi connectivity index (χ2n) is 6.29. The van der Waals surface area contributed by atoms with Gasteiger partial charge in [-0.2, -0.15) is 4.98 Å². The van der Waals surface area contributed by atoms with E-state index in [4.69, 9.17) is 18.7 Å². The van der Waals surface area contributed by atoms with Gasteiger partial charge in [-0.05, 0) is 30.7 Å². The van der Waals surface area contributed by atoms with E-state index in [1.165, 1.54) is 0 Å². The number of carbonyl (C=O) groups excluding carboxylic acids is 1. The number of nitrogens with one attached hydrogen (secondary N) is 1. The minimum absolute atomic E-state index is 0.0532. The number of benzene rings is 2. The van der Waals surface area contributed by atoms with Gasteiger partial charge in [0, 0.05) is 5.56 Å². The number of hydrogen-bond acceptors (Lipinski definition) is 7. The van der Waals surface area contributed by atoms with Crippen LogP contribution in [0.3, 0.4) is 0 Å². The molecule has 0 saturated heterocycles. The molecule has 28 heavy (non-hydrogen) atoms. The summed E-state index contributed by atoms with van der Waals surface area (Å²) in [5, 5.41) is 6.76. The van der Waals surface area contributed by atoms with Gasteiger partial charge >= 0.3 is 0 Å². The number of fused-ring (bicyclic) bond motifs is 1. The Kier molecular flexibility index (Phi) is 5.20. The normalized spacial score (nSPS) is 13.3. The Morgan fingerprint density at radius 2 is 2.00 bits per heavy atom. The molecule has 144 valence electrons. The fraction of sp³-hybridized carbons (Fsp3) is 0.250. The number of hydrogen-bond donors (Lipinski definition) is 1. The predicted molar refractivity (Wildman–Crippen MR) is 98.5 cm³/mol. The van der Waals surface area contributed by atoms with Crippen molar-refractivity contribution in [3.63, 3.8) is 0 Å². The lowest BCUT2D eigenvalue weighted by Crippen LogP contribution is -2.30. The van der Waals surface area contributed by atoms with Gasteiger partial charge in [0.05, 0.1) is 6.61 Å². The average molecular weight is 381 g/mol. The van der Waals surface area contributed by atoms with Crippen molar-refractivity contribution in [2.75, 3.05) is 13.4 Å². The molecule has 1 aliphatic heterocycles. The van der Waals surface area contributed by atoms with E-state index in [-0.39, 0.29) is 19.3 Å². The first kappa shape index (κ1) is 18.0. The van der Waals surface area contributed by atoms with Gasteiger partial charge in [0.25, 0.3) is 0 Å². The first-order valence-electron chi connectivity index (χ1n) is 8.84. The van der Waals surface area contributed by atoms with Crippen LogP contribution in [-0.2, 0) is 16.1 Å². The van der Waals surface area contributed by atoms with Crippen LogP contribution in [-0.4, -0.2) is 29.4 Å². The van der Waals surface area contributed by atoms with Crippen molar-refractivity contribution in [1.29, 1.82) is 0 Å². The van der Waals surface area contributed by atoms with E-state index < -0.39 is 6.04 Å². The quantitative estimate of drug-likeness (QED) is 0.672. The zero-order valence-electron chi connectivity index (χ0n) is 15.3. The second kappa shape index (κ2) is 8.10. The van der Waals surface area contributed by atoms with Gasteiger partial charge in [-0.3, -0.25) is 4.79 Å². The van der Waals surface area contributed by atoms with Gasteiger partial charge in [0.15, 0.2) is 11.5 Å². The van der Waals surface area contributed by atoms with E-state index in [0.29, 0.717) is 29.8 Å². The van der Waals surface area contributed by atoms with Crippen LogP contribution >= 0.6 is 0 Å². The molecule has 0 aliphatic carbocycles. The molecule has 1 aliphatic rings. The number of amides is 1. The molecule has 0 bridgehead atoms. The van der Waals surface area contributed by atoms with Crippen molar-refractivity contribution in [2.45, 2.75) is 19.6 Å². The molecule has 1 N–H and O–H groups in total. The third-order valence-corrected chi connectivity index (χ3v) is 4.17. The van der Waals surface area contributed by atoms with E-state index >= 15 is 0 Å². The van der Waals surface area contributed by atoms with Crippen molar-refractivity contribution in [1.82, 2.24) is 15.5 Å². The van der Waals surface area contributed by atoms with Gasteiger partial charge in [-0.1, -0.05) is 35.5 Å². The monoisotopic (exact) mass is 381 g/mol. The number of nitrogens with zero attached hydrogens (tertiary/aromatic N) is 2. The van der Waals surface area contributed by atoms with E-state index in [0.717, 1.165) is 11.1 Å². The Labute approximate surface area is 161 Å². The van der Waals surface area contributed by atoms with Crippen molar-refractivity contribution in [3.05, 3.63) is 60.0 Å². The van der Waals surface area contributed by atoms with Crippen molar-refractivity contribution in [2.24, 2.45) is 0 Å². The molecular formula is C20H19N3O5. The predicted octanol–water partition coefficient (Wildman–Crippen LogP) is 2.86. The topological polar surface area (TPSA) is 95.7 Å². The molecule has 3 aromatic rings. The Bertz CT molecular complexity index is 957. The highest BCUT2D eigenvalue weighted by Gasteiger charge is 2.19. The zero-order chi connectivity index (χ0) is 19.3. The molecule has 2 aromatic carbocycles. The molecule has 0 saturated carbocycles. The maximum atomic E-state index is 12.1. The first-order chi connectivity index (χ1) is 13.7. The third-order valence-electron chi connectivity index (χ3n) is 4.17. The molecule has 1 atom stereocenters. The highest BCUT2D eigenvalue weighted by atomic mass is 16.7. The van der Waals surface area contributed by atoms with Crippen LogP contribution in [0.5, 0.6) is 11.5 Å². The SMILES string of the molecule is CC(NC(=O)COCc1ccccc1)c1nc(-c2ccc3c(c2)OCO3)no1. The number of ether oxygens (including phenoxy) is 3. The van der Waals surface area contributed by atoms with Gasteiger partial charge < -0.3 is 24.1 Å². The van der Waals surface area contributed by atoms with Crippen molar-refractivity contribution in [3.8, 4) is 22.9 Å². The van der Waals surface area contributed by atoms with Gasteiger partial charge in [0.1, 0.15) is 12.6 Å². The van der Waals surface area contributed by atoms with Gasteiger partial charge in [-0.25, -0.2) is 0 Å². The summed E-state index contributed by atoms with van der Waals surface area (Å²) >= 11 is 0. The summed E-state index contributed by atoms with van der Waals surface area (Å²) < 4.78 is 21.4. The lowest BCUT2D eigenvalue weighted by Gasteiger charge is -2.10. The van der Waals surface area contributed by atoms with Crippen LogP contribution in [0.15, 0.2) is 53.1 Å². The summed E-state index contributed by atoms with van der Waals surface area (Å²) in [6.07, 6.45) is 0. The lowest BCUT2D eigenvalue weighted by atomic mass is 10.2. The molecular weight excluding hydrogens is 362 g/mol. The summed E-state index contributed by atoms with van der Waals surface area (Å²) in [4.78, 5) is 16.4. The van der Waals surface area contributed by atoms with Crippen LogP contribution in [0.4, 0.5) is 0 Å². The Hall–Kier alpha value is -3.39. The molecule has 8 heteroatoms. The molecule has 8 nitrogen and oxygen atoms in total. The van der Waals surface area contributed by atoms with Crippen molar-refractivity contribution >= 4 is 5.91 Å². The Balaban J connectivity index is 1.31. The molecule has 1 aromatic heterocycles. The van der Waals surface area contributed by atoms with Gasteiger partial charge in [-0.15, -0.1) is 0 Å². The Morgan fingerprint density at radius 1 is 1.18 bits per heavy atom. The minimum atomic E-state index is -0.442. The van der Waals surface area contributed by atoms with Crippen LogP contribution in [0, 0.1) is 0 Å². The lowest BCUT2D eigenvalue weighted by molar-refractivity contribution is -0.126. The molecule has 1 unspecified atom stereocenters. The van der Waals surface area contributed by atoms with Crippen LogP contribution in [0.2, 0.25) is 0 Å². The van der Waals surface area contributed by atoms with Crippen LogP contribution in [0.25, 0.3) is 11.4 Å². The summed E-state index contributed by atoms with van der Waals surface area (Å²) in [6, 6.07) is 14.6. The number of aromatic nitrogens is 2. The fourth-order valence-corrected chi connectivity index (χ4v) is 2.74. The van der Waals surface area contributed by atoms with Crippen molar-refractivity contribution < 1.29 is 23.5 Å². The highest BCUT2D eigenvalue weighted by Crippen LogP contribution is 2.35. The standard InChI is InChI=1S/C20H19N3O5/c1-13(21-18(24)11-25-10-14-5-3-2-4-6-14)20-22-19(23-28-20)15-7-8-16-17(9-15)27-12-26-16/h2-9,13H,10-12H2,1H3,(H,21,24). The van der Waals surface area contributed by atoms with E-state index in [1.54, 1.807) is 19.1 Å². The summed E-state index contributed by atoms with van der Waals surface area (Å²) in [7, 11) is 0. The van der Waals surface area contributed by atoms with Gasteiger partial charge in [0.2, 0.25) is 24.4 Å². The number of rotatable bonds is 7. The minimum Gasteiger partial charge on any atom is -0.454 e. The summed E-state index contributed by atoms with van der Waals surface area (Å²) in [5.74, 6) is 1.79. The van der Waals surface area contributed by atoms with E-state index in [9.17, 15) is 4.79 Å². The van der Waals surface area contributed by atoms with Crippen LogP contribution in [0.1, 0.15) is 24.4 Å². The number of carbonyl (C=O) groups is 1. The van der Waals surface area contributed by atoms with E-state index in [2.05, 4.69) is 15.5 Å². The zero-order valence-corrected chi connectivity index (χ0v) is 15.3. The summed E-state index contributed by atoms with van der Waals surface area (Å²) in [5.41, 5.74) is 1.75. The molecule has 1 amide bonds. The molecule has 2 heterocycles. The van der Waals surface area contributed by atoms with E-state index in [1.807, 2.05) is 36.4 Å². The highest BCUT2D eigenvalue weighted by molar-refractivity contribution is 5.77. The average Bonchev–Trinajstić information content (AvgIpc) is 3.38. The molecule has 0 radical (unpaired) electrons. The molecule has 0 fully saturated rings. The summed E-state index contributed by atoms with van der Waals surface area (Å²) in [6.45, 7) is 2.29. The van der Waals surface area contributed by atoms with Crippen LogP contribution < -0.4 is 14.8 Å². The third kappa shape index (κ3) is 4.12. The first-order valence-corrected chi connectivity index (χ1v) is 8.84. The molecule has 4 rings (SSSR count). The molecule has 0 spiro atoms. The maximum Gasteiger partial charge on any atom is 0.249 e. The fourth-order valence-electron chi connectivity index (χ4n) is 2.74. The Morgan fingerprint density at radius 3 is 2.86 bits per heavy atom. The maximum absolute atomic E-state index is 12.1. The smallest absolute Gasteiger partial charge is 0.249 e. The largest absolute Gasteiger partial charge is 0.454 e. The second-order valence-corrected chi connectivity index (χ2v) is 6.29.